The summed E-state index contributed by atoms with van der Waals surface area (Å²) in [5, 5.41) is 3.81. The van der Waals surface area contributed by atoms with Crippen molar-refractivity contribution in [2.45, 2.75) is 19.8 Å². The first-order chi connectivity index (χ1) is 6.46. The van der Waals surface area contributed by atoms with Crippen molar-refractivity contribution < 1.29 is 13.7 Å². The Morgan fingerprint density at radius 3 is 2.50 bits per heavy atom. The summed E-state index contributed by atoms with van der Waals surface area (Å²) >= 11 is 5.68. The Morgan fingerprint density at radius 1 is 1.57 bits per heavy atom. The molecule has 0 aromatic heterocycles. The molecule has 0 aliphatic heterocycles. The van der Waals surface area contributed by atoms with Crippen LogP contribution in [0.5, 0.6) is 0 Å². The highest BCUT2D eigenvalue weighted by Crippen LogP contribution is 2.49. The van der Waals surface area contributed by atoms with Crippen LogP contribution in [0.4, 0.5) is 0 Å². The number of rotatable bonds is 6. The molecule has 0 spiro atoms. The highest BCUT2D eigenvalue weighted by atomic mass is 35.5. The Morgan fingerprint density at radius 2 is 2.14 bits per heavy atom. The second-order valence-electron chi connectivity index (χ2n) is 2.80. The maximum Gasteiger partial charge on any atom is 0.480 e. The van der Waals surface area contributed by atoms with Crippen molar-refractivity contribution in [1.29, 1.82) is 0 Å². The van der Waals surface area contributed by atoms with Crippen LogP contribution in [0.15, 0.2) is 5.16 Å². The van der Waals surface area contributed by atoms with Gasteiger partial charge in [0.1, 0.15) is 5.17 Å². The summed E-state index contributed by atoms with van der Waals surface area (Å²) in [7, 11) is 1.16. The molecule has 0 bridgehead atoms. The molecule has 0 heterocycles. The van der Waals surface area contributed by atoms with Gasteiger partial charge in [-0.15, -0.1) is 0 Å². The van der Waals surface area contributed by atoms with Crippen LogP contribution in [0.3, 0.4) is 0 Å². The molecule has 0 amide bonds. The van der Waals surface area contributed by atoms with Crippen LogP contribution < -0.4 is 0 Å². The quantitative estimate of drug-likeness (QED) is 0.408. The third-order valence-electron chi connectivity index (χ3n) is 1.42. The van der Waals surface area contributed by atoms with E-state index in [0.29, 0.717) is 6.42 Å². The number of oxime groups is 1. The molecule has 1 atom stereocenters. The fraction of sp³-hybridized carbons (Fsp3) is 0.857. The van der Waals surface area contributed by atoms with E-state index in [-0.39, 0.29) is 5.17 Å². The fourth-order valence-electron chi connectivity index (χ4n) is 0.617. The van der Waals surface area contributed by atoms with Crippen molar-refractivity contribution in [1.82, 2.24) is 4.67 Å². The molecule has 0 aliphatic rings. The zero-order valence-corrected chi connectivity index (χ0v) is 10.5. The third-order valence-corrected chi connectivity index (χ3v) is 3.41. The Hall–Kier alpha value is -0.0900. The summed E-state index contributed by atoms with van der Waals surface area (Å²) < 4.78 is 22.5. The maximum absolute atomic E-state index is 11.7. The lowest BCUT2D eigenvalue weighted by atomic mass is 10.4. The minimum atomic E-state index is -3.29. The van der Waals surface area contributed by atoms with E-state index in [1.165, 1.54) is 11.8 Å². The molecular weight excluding hydrogens is 227 g/mol. The van der Waals surface area contributed by atoms with Crippen LogP contribution in [0.1, 0.15) is 19.8 Å². The van der Waals surface area contributed by atoms with Crippen molar-refractivity contribution in [2.24, 2.45) is 5.16 Å². The van der Waals surface area contributed by atoms with E-state index >= 15 is 0 Å². The molecule has 14 heavy (non-hydrogen) atoms. The summed E-state index contributed by atoms with van der Waals surface area (Å²) in [6, 6.07) is 0. The van der Waals surface area contributed by atoms with Crippen molar-refractivity contribution >= 4 is 24.5 Å². The molecule has 0 aromatic rings. The number of halogens is 1. The Bertz CT molecular complexity index is 245. The second kappa shape index (κ2) is 6.40. The standard InChI is InChI=1S/C7H16ClN2O3P/c1-5-6-7(8)9-13-14(11,12-4)10(2)3/h5-6H2,1-4H3/b9-7-/t14-/m1/s1. The largest absolute Gasteiger partial charge is 0.480 e. The molecule has 84 valence electrons. The van der Waals surface area contributed by atoms with Crippen LogP contribution in [-0.2, 0) is 13.7 Å². The lowest BCUT2D eigenvalue weighted by Crippen LogP contribution is -2.10. The second-order valence-corrected chi connectivity index (χ2v) is 5.50. The predicted octanol–water partition coefficient (Wildman–Crippen LogP) is 2.67. The molecule has 0 aromatic carbocycles. The predicted molar refractivity (Wildman–Crippen MR) is 57.6 cm³/mol. The van der Waals surface area contributed by atoms with Gasteiger partial charge in [0.05, 0.1) is 0 Å². The monoisotopic (exact) mass is 242 g/mol. The number of hydrogen-bond donors (Lipinski definition) is 0. The Balaban J connectivity index is 4.34. The zero-order valence-electron chi connectivity index (χ0n) is 8.86. The van der Waals surface area contributed by atoms with Gasteiger partial charge in [0.25, 0.3) is 0 Å². The van der Waals surface area contributed by atoms with Gasteiger partial charge in [-0.2, -0.15) is 0 Å². The molecule has 0 aliphatic carbocycles. The minimum Gasteiger partial charge on any atom is -0.300 e. The normalized spacial score (nSPS) is 16.9. The van der Waals surface area contributed by atoms with Crippen molar-refractivity contribution in [3.63, 3.8) is 0 Å². The first-order valence-corrected chi connectivity index (χ1v) is 6.08. The van der Waals surface area contributed by atoms with E-state index in [1.807, 2.05) is 6.92 Å². The van der Waals surface area contributed by atoms with Gasteiger partial charge in [0.2, 0.25) is 0 Å². The van der Waals surface area contributed by atoms with Crippen molar-refractivity contribution in [3.8, 4) is 0 Å². The molecular formula is C7H16ClN2O3P. The van der Waals surface area contributed by atoms with Gasteiger partial charge in [-0.05, 0) is 20.5 Å². The number of nitrogens with zero attached hydrogens (tertiary/aromatic N) is 2. The van der Waals surface area contributed by atoms with Gasteiger partial charge >= 0.3 is 7.75 Å². The molecule has 0 N–H and O–H groups in total. The zero-order chi connectivity index (χ0) is 11.2. The molecule has 0 rings (SSSR count). The molecule has 0 radical (unpaired) electrons. The molecule has 0 fully saturated rings. The van der Waals surface area contributed by atoms with E-state index < -0.39 is 7.75 Å². The molecule has 5 nitrogen and oxygen atoms in total. The van der Waals surface area contributed by atoms with Crippen LogP contribution in [0.25, 0.3) is 0 Å². The van der Waals surface area contributed by atoms with E-state index in [2.05, 4.69) is 5.16 Å². The van der Waals surface area contributed by atoms with Gasteiger partial charge in [-0.1, -0.05) is 23.7 Å². The highest BCUT2D eigenvalue weighted by Gasteiger charge is 2.28. The Kier molecular flexibility index (Phi) is 6.36. The SMILES string of the molecule is CCC/C(Cl)=N/O[P@](=O)(OC)N(C)C. The fourth-order valence-corrected chi connectivity index (χ4v) is 1.63. The maximum atomic E-state index is 11.7. The van der Waals surface area contributed by atoms with Gasteiger partial charge in [0, 0.05) is 13.5 Å². The third kappa shape index (κ3) is 4.42. The van der Waals surface area contributed by atoms with E-state index in [9.17, 15) is 4.57 Å². The first-order valence-electron chi connectivity index (χ1n) is 4.21. The Labute approximate surface area is 89.6 Å². The molecule has 0 saturated heterocycles. The molecule has 0 saturated carbocycles. The average molecular weight is 243 g/mol. The topological polar surface area (TPSA) is 51.1 Å². The van der Waals surface area contributed by atoms with Crippen LogP contribution in [0, 0.1) is 0 Å². The van der Waals surface area contributed by atoms with Crippen molar-refractivity contribution in [2.75, 3.05) is 21.2 Å². The first kappa shape index (κ1) is 13.9. The summed E-state index contributed by atoms with van der Waals surface area (Å²) in [4.78, 5) is 0. The highest BCUT2D eigenvalue weighted by molar-refractivity contribution is 7.51. The smallest absolute Gasteiger partial charge is 0.300 e. The van der Waals surface area contributed by atoms with Crippen LogP contribution >= 0.6 is 19.3 Å². The lowest BCUT2D eigenvalue weighted by Gasteiger charge is -2.18. The summed E-state index contributed by atoms with van der Waals surface area (Å²) in [6.45, 7) is 1.96. The van der Waals surface area contributed by atoms with E-state index in [1.54, 1.807) is 14.1 Å². The van der Waals surface area contributed by atoms with Gasteiger partial charge < -0.3 is 4.62 Å². The molecule has 0 unspecified atom stereocenters. The van der Waals surface area contributed by atoms with Gasteiger partial charge in [-0.25, -0.2) is 9.24 Å². The molecule has 7 heteroatoms. The van der Waals surface area contributed by atoms with Gasteiger partial charge in [0.15, 0.2) is 0 Å². The minimum absolute atomic E-state index is 0.284. The summed E-state index contributed by atoms with van der Waals surface area (Å²) in [6.07, 6.45) is 1.45. The van der Waals surface area contributed by atoms with Crippen LogP contribution in [-0.4, -0.2) is 31.0 Å². The van der Waals surface area contributed by atoms with E-state index in [4.69, 9.17) is 20.7 Å². The van der Waals surface area contributed by atoms with E-state index in [0.717, 1.165) is 6.42 Å². The van der Waals surface area contributed by atoms with Crippen LogP contribution in [0.2, 0.25) is 0 Å². The summed E-state index contributed by atoms with van der Waals surface area (Å²) in [5.74, 6) is 0. The number of hydrogen-bond acceptors (Lipinski definition) is 4. The van der Waals surface area contributed by atoms with Gasteiger partial charge in [-0.3, -0.25) is 4.52 Å². The summed E-state index contributed by atoms with van der Waals surface area (Å²) in [5.41, 5.74) is 0. The average Bonchev–Trinajstić information content (AvgIpc) is 2.14. The van der Waals surface area contributed by atoms with Crippen molar-refractivity contribution in [3.05, 3.63) is 0 Å². The lowest BCUT2D eigenvalue weighted by molar-refractivity contribution is 0.204.